The topological polar surface area (TPSA) is 66.2 Å². The molecular formula is C19H18BrN3O3. The molecule has 0 amide bonds. The smallest absolute Gasteiger partial charge is 0.339 e. The molecule has 0 atom stereocenters. The van der Waals surface area contributed by atoms with Crippen LogP contribution in [0.15, 0.2) is 53.1 Å². The van der Waals surface area contributed by atoms with Crippen LogP contribution in [0.5, 0.6) is 5.75 Å². The average molecular weight is 416 g/mol. The summed E-state index contributed by atoms with van der Waals surface area (Å²) in [5.41, 5.74) is 2.28. The zero-order valence-electron chi connectivity index (χ0n) is 14.5. The summed E-state index contributed by atoms with van der Waals surface area (Å²) >= 11 is 3.37. The Hall–Kier alpha value is -2.67. The molecule has 2 aromatic heterocycles. The molecule has 6 nitrogen and oxygen atoms in total. The number of hydrogen-bond donors (Lipinski definition) is 0. The summed E-state index contributed by atoms with van der Waals surface area (Å²) in [6.07, 6.45) is 1.49. The van der Waals surface area contributed by atoms with Gasteiger partial charge in [0.1, 0.15) is 19.0 Å². The molecule has 0 saturated heterocycles. The van der Waals surface area contributed by atoms with Crippen molar-refractivity contribution in [3.8, 4) is 11.6 Å². The van der Waals surface area contributed by atoms with Crippen LogP contribution in [0, 0.1) is 13.8 Å². The number of pyridine rings is 1. The van der Waals surface area contributed by atoms with Gasteiger partial charge in [0.15, 0.2) is 5.82 Å². The molecule has 0 aliphatic carbocycles. The van der Waals surface area contributed by atoms with E-state index in [1.165, 1.54) is 6.20 Å². The van der Waals surface area contributed by atoms with Crippen molar-refractivity contribution in [1.29, 1.82) is 0 Å². The van der Waals surface area contributed by atoms with E-state index in [0.29, 0.717) is 17.1 Å². The number of aromatic nitrogens is 3. The highest BCUT2D eigenvalue weighted by molar-refractivity contribution is 9.10. The van der Waals surface area contributed by atoms with Gasteiger partial charge in [-0.1, -0.05) is 22.0 Å². The molecule has 0 aliphatic heterocycles. The first-order chi connectivity index (χ1) is 12.5. The summed E-state index contributed by atoms with van der Waals surface area (Å²) < 4.78 is 13.4. The standard InChI is InChI=1S/C19H18BrN3O3/c1-13-10-14(2)23(22-13)18-7-6-15(12-21-18)19(24)26-9-8-25-17-5-3-4-16(20)11-17/h3-7,10-12H,8-9H2,1-2H3. The van der Waals surface area contributed by atoms with Gasteiger partial charge in [-0.25, -0.2) is 14.5 Å². The fourth-order valence-electron chi connectivity index (χ4n) is 2.43. The molecule has 0 spiro atoms. The molecule has 0 saturated carbocycles. The molecule has 7 heteroatoms. The van der Waals surface area contributed by atoms with E-state index in [-0.39, 0.29) is 13.2 Å². The monoisotopic (exact) mass is 415 g/mol. The van der Waals surface area contributed by atoms with Crippen molar-refractivity contribution in [2.75, 3.05) is 13.2 Å². The summed E-state index contributed by atoms with van der Waals surface area (Å²) in [7, 11) is 0. The van der Waals surface area contributed by atoms with E-state index in [9.17, 15) is 4.79 Å². The number of aryl methyl sites for hydroxylation is 2. The number of nitrogens with zero attached hydrogens (tertiary/aromatic N) is 3. The van der Waals surface area contributed by atoms with Crippen molar-refractivity contribution >= 4 is 21.9 Å². The van der Waals surface area contributed by atoms with E-state index in [2.05, 4.69) is 26.0 Å². The molecule has 0 aliphatic rings. The fourth-order valence-corrected chi connectivity index (χ4v) is 2.81. The SMILES string of the molecule is Cc1cc(C)n(-c2ccc(C(=O)OCCOc3cccc(Br)c3)cn2)n1. The van der Waals surface area contributed by atoms with Crippen LogP contribution < -0.4 is 4.74 Å². The number of halogens is 1. The van der Waals surface area contributed by atoms with Gasteiger partial charge in [0, 0.05) is 16.4 Å². The number of carbonyl (C=O) groups excluding carboxylic acids is 1. The van der Waals surface area contributed by atoms with Crippen molar-refractivity contribution in [3.63, 3.8) is 0 Å². The van der Waals surface area contributed by atoms with E-state index in [4.69, 9.17) is 9.47 Å². The molecule has 2 heterocycles. The Bertz CT molecular complexity index is 907. The maximum Gasteiger partial charge on any atom is 0.339 e. The minimum atomic E-state index is -0.435. The Morgan fingerprint density at radius 2 is 2.00 bits per heavy atom. The van der Waals surface area contributed by atoms with Gasteiger partial charge < -0.3 is 9.47 Å². The number of esters is 1. The van der Waals surface area contributed by atoms with Crippen LogP contribution in [-0.4, -0.2) is 33.9 Å². The Kier molecular flexibility index (Phi) is 5.68. The van der Waals surface area contributed by atoms with Crippen molar-refractivity contribution in [2.24, 2.45) is 0 Å². The number of benzene rings is 1. The van der Waals surface area contributed by atoms with Crippen molar-refractivity contribution in [1.82, 2.24) is 14.8 Å². The van der Waals surface area contributed by atoms with Crippen LogP contribution in [0.2, 0.25) is 0 Å². The second-order valence-electron chi connectivity index (χ2n) is 5.69. The molecule has 0 fully saturated rings. The zero-order chi connectivity index (χ0) is 18.5. The minimum absolute atomic E-state index is 0.157. The molecule has 0 bridgehead atoms. The molecule has 0 unspecified atom stereocenters. The molecular weight excluding hydrogens is 398 g/mol. The van der Waals surface area contributed by atoms with E-state index < -0.39 is 5.97 Å². The number of rotatable bonds is 6. The first kappa shape index (κ1) is 18.1. The van der Waals surface area contributed by atoms with E-state index in [0.717, 1.165) is 15.9 Å². The summed E-state index contributed by atoms with van der Waals surface area (Å²) in [5.74, 6) is 0.937. The third-order valence-corrected chi connectivity index (χ3v) is 4.08. The van der Waals surface area contributed by atoms with Gasteiger partial charge in [0.05, 0.1) is 11.3 Å². The largest absolute Gasteiger partial charge is 0.490 e. The second-order valence-corrected chi connectivity index (χ2v) is 6.60. The molecule has 134 valence electrons. The van der Waals surface area contributed by atoms with Crippen LogP contribution in [-0.2, 0) is 4.74 Å². The highest BCUT2D eigenvalue weighted by atomic mass is 79.9. The molecule has 3 aromatic rings. The fraction of sp³-hybridized carbons (Fsp3) is 0.211. The minimum Gasteiger partial charge on any atom is -0.490 e. The lowest BCUT2D eigenvalue weighted by atomic mass is 10.3. The van der Waals surface area contributed by atoms with Crippen LogP contribution >= 0.6 is 15.9 Å². The van der Waals surface area contributed by atoms with Gasteiger partial charge in [-0.05, 0) is 50.2 Å². The predicted octanol–water partition coefficient (Wildman–Crippen LogP) is 3.88. The van der Waals surface area contributed by atoms with E-state index in [1.807, 2.05) is 44.2 Å². The summed E-state index contributed by atoms with van der Waals surface area (Å²) in [6.45, 7) is 4.31. The van der Waals surface area contributed by atoms with Gasteiger partial charge in [-0.2, -0.15) is 5.10 Å². The second kappa shape index (κ2) is 8.14. The normalized spacial score (nSPS) is 10.6. The first-order valence-electron chi connectivity index (χ1n) is 8.08. The van der Waals surface area contributed by atoms with Crippen LogP contribution in [0.4, 0.5) is 0 Å². The summed E-state index contributed by atoms with van der Waals surface area (Å²) in [4.78, 5) is 16.4. The lowest BCUT2D eigenvalue weighted by Gasteiger charge is -2.08. The Morgan fingerprint density at radius 3 is 2.65 bits per heavy atom. The highest BCUT2D eigenvalue weighted by Gasteiger charge is 2.10. The third kappa shape index (κ3) is 4.49. The number of ether oxygens (including phenoxy) is 2. The molecule has 3 rings (SSSR count). The van der Waals surface area contributed by atoms with Crippen molar-refractivity contribution < 1.29 is 14.3 Å². The third-order valence-electron chi connectivity index (χ3n) is 3.59. The zero-order valence-corrected chi connectivity index (χ0v) is 16.1. The Balaban J connectivity index is 1.52. The molecule has 1 aromatic carbocycles. The van der Waals surface area contributed by atoms with E-state index in [1.54, 1.807) is 16.8 Å². The summed E-state index contributed by atoms with van der Waals surface area (Å²) in [5, 5.41) is 4.37. The maximum atomic E-state index is 12.1. The van der Waals surface area contributed by atoms with Gasteiger partial charge in [-0.15, -0.1) is 0 Å². The number of hydrogen-bond acceptors (Lipinski definition) is 5. The van der Waals surface area contributed by atoms with Crippen LogP contribution in [0.25, 0.3) is 5.82 Å². The Labute approximate surface area is 159 Å². The first-order valence-corrected chi connectivity index (χ1v) is 8.87. The molecule has 26 heavy (non-hydrogen) atoms. The lowest BCUT2D eigenvalue weighted by Crippen LogP contribution is -2.13. The van der Waals surface area contributed by atoms with E-state index >= 15 is 0 Å². The summed E-state index contributed by atoms with van der Waals surface area (Å²) in [6, 6.07) is 12.9. The quantitative estimate of drug-likeness (QED) is 0.451. The van der Waals surface area contributed by atoms with Gasteiger partial charge in [-0.3, -0.25) is 0 Å². The van der Waals surface area contributed by atoms with Gasteiger partial charge >= 0.3 is 5.97 Å². The molecule has 0 radical (unpaired) electrons. The number of carbonyl (C=O) groups is 1. The predicted molar refractivity (Wildman–Crippen MR) is 101 cm³/mol. The lowest BCUT2D eigenvalue weighted by molar-refractivity contribution is 0.0450. The maximum absolute atomic E-state index is 12.1. The van der Waals surface area contributed by atoms with Gasteiger partial charge in [0.2, 0.25) is 0 Å². The molecule has 0 N–H and O–H groups in total. The van der Waals surface area contributed by atoms with Crippen LogP contribution in [0.1, 0.15) is 21.7 Å². The Morgan fingerprint density at radius 1 is 1.15 bits per heavy atom. The van der Waals surface area contributed by atoms with Crippen LogP contribution in [0.3, 0.4) is 0 Å². The van der Waals surface area contributed by atoms with Crippen molar-refractivity contribution in [3.05, 3.63) is 70.1 Å². The van der Waals surface area contributed by atoms with Gasteiger partial charge in [0.25, 0.3) is 0 Å². The highest BCUT2D eigenvalue weighted by Crippen LogP contribution is 2.17. The average Bonchev–Trinajstić information content (AvgIpc) is 2.97. The van der Waals surface area contributed by atoms with Crippen molar-refractivity contribution in [2.45, 2.75) is 13.8 Å².